The van der Waals surface area contributed by atoms with Crippen LogP contribution in [0.15, 0.2) is 58.8 Å². The lowest BCUT2D eigenvalue weighted by atomic mass is 10.1. The van der Waals surface area contributed by atoms with Crippen LogP contribution in [0, 0.1) is 0 Å². The number of para-hydroxylation sites is 1. The van der Waals surface area contributed by atoms with Crippen LogP contribution in [0.1, 0.15) is 33.6 Å². The lowest BCUT2D eigenvalue weighted by molar-refractivity contribution is 0.757. The Kier molecular flexibility index (Phi) is 6.40. The molecule has 1 heterocycles. The normalized spacial score (nSPS) is 11.5. The molecule has 0 bridgehead atoms. The number of thioether (sulfide) groups is 1. The minimum atomic E-state index is 0.819. The summed E-state index contributed by atoms with van der Waals surface area (Å²) in [5, 5.41) is 12.8. The second kappa shape index (κ2) is 8.54. The van der Waals surface area contributed by atoms with E-state index in [1.165, 1.54) is 11.1 Å². The van der Waals surface area contributed by atoms with Crippen molar-refractivity contribution in [1.82, 2.24) is 20.2 Å². The van der Waals surface area contributed by atoms with Gasteiger partial charge in [-0.2, -0.15) is 4.68 Å². The Morgan fingerprint density at radius 1 is 1.14 bits per heavy atom. The molecule has 0 fully saturated rings. The second-order valence-corrected chi connectivity index (χ2v) is 6.38. The van der Waals surface area contributed by atoms with Crippen molar-refractivity contribution >= 4 is 11.8 Å². The predicted molar refractivity (Wildman–Crippen MR) is 92.3 cm³/mol. The fraction of sp³-hybridized carbons (Fsp3) is 0.353. The summed E-state index contributed by atoms with van der Waals surface area (Å²) in [4.78, 5) is 0. The Morgan fingerprint density at radius 2 is 1.91 bits per heavy atom. The molecule has 1 aromatic heterocycles. The van der Waals surface area contributed by atoms with Crippen molar-refractivity contribution in [3.8, 4) is 5.69 Å². The molecule has 5 heteroatoms. The molecule has 4 nitrogen and oxygen atoms in total. The van der Waals surface area contributed by atoms with E-state index in [9.17, 15) is 0 Å². The zero-order valence-corrected chi connectivity index (χ0v) is 14.2. The van der Waals surface area contributed by atoms with Crippen LogP contribution in [0.4, 0.5) is 0 Å². The smallest absolute Gasteiger partial charge is 0.188 e. The SMILES string of the molecule is CC(C)=CCC/C(C)=C/CSc1nnnn1-c1ccccc1. The van der Waals surface area contributed by atoms with Crippen molar-refractivity contribution in [3.05, 3.63) is 53.6 Å². The Bertz CT molecular complexity index is 640. The van der Waals surface area contributed by atoms with E-state index in [-0.39, 0.29) is 0 Å². The molecule has 2 aromatic rings. The molecule has 0 amide bonds. The lowest BCUT2D eigenvalue weighted by Gasteiger charge is -2.03. The summed E-state index contributed by atoms with van der Waals surface area (Å²) < 4.78 is 1.77. The van der Waals surface area contributed by atoms with Crippen LogP contribution in [0.2, 0.25) is 0 Å². The Balaban J connectivity index is 1.90. The highest BCUT2D eigenvalue weighted by Gasteiger charge is 2.07. The first-order chi connectivity index (χ1) is 10.7. The van der Waals surface area contributed by atoms with Crippen molar-refractivity contribution in [3.63, 3.8) is 0 Å². The van der Waals surface area contributed by atoms with Crippen LogP contribution in [0.25, 0.3) is 5.69 Å². The standard InChI is InChI=1S/C17H22N4S/c1-14(2)8-7-9-15(3)12-13-22-17-18-19-20-21(17)16-10-5-4-6-11-16/h4-6,8,10-12H,7,9,13H2,1-3H3/b15-12+. The summed E-state index contributed by atoms with van der Waals surface area (Å²) in [6, 6.07) is 9.96. The first-order valence-corrected chi connectivity index (χ1v) is 8.41. The Hall–Kier alpha value is -1.88. The maximum absolute atomic E-state index is 4.10. The lowest BCUT2D eigenvalue weighted by Crippen LogP contribution is -1.98. The molecule has 116 valence electrons. The molecule has 0 aliphatic carbocycles. The summed E-state index contributed by atoms with van der Waals surface area (Å²) in [6.45, 7) is 6.45. The van der Waals surface area contributed by atoms with Crippen LogP contribution < -0.4 is 0 Å². The highest BCUT2D eigenvalue weighted by atomic mass is 32.2. The molecular formula is C17H22N4S. The highest BCUT2D eigenvalue weighted by molar-refractivity contribution is 7.99. The monoisotopic (exact) mass is 314 g/mol. The third-order valence-corrected chi connectivity index (χ3v) is 4.02. The highest BCUT2D eigenvalue weighted by Crippen LogP contribution is 2.19. The molecule has 1 aromatic carbocycles. The molecule has 0 atom stereocenters. The van der Waals surface area contributed by atoms with E-state index in [0.717, 1.165) is 29.4 Å². The van der Waals surface area contributed by atoms with Crippen molar-refractivity contribution in [1.29, 1.82) is 0 Å². The van der Waals surface area contributed by atoms with Gasteiger partial charge in [-0.15, -0.1) is 5.10 Å². The van der Waals surface area contributed by atoms with Crippen LogP contribution in [0.3, 0.4) is 0 Å². The second-order valence-electron chi connectivity index (χ2n) is 5.39. The molecule has 0 unspecified atom stereocenters. The Labute approximate surface area is 136 Å². The molecule has 0 saturated heterocycles. The van der Waals surface area contributed by atoms with Crippen molar-refractivity contribution < 1.29 is 0 Å². The quantitative estimate of drug-likeness (QED) is 0.559. The van der Waals surface area contributed by atoms with Gasteiger partial charge in [0.05, 0.1) is 5.69 Å². The molecule has 0 aliphatic heterocycles. The average molecular weight is 314 g/mol. The van der Waals surface area contributed by atoms with E-state index in [2.05, 4.69) is 48.4 Å². The number of benzene rings is 1. The summed E-state index contributed by atoms with van der Waals surface area (Å²) >= 11 is 1.65. The fourth-order valence-electron chi connectivity index (χ4n) is 1.95. The van der Waals surface area contributed by atoms with Gasteiger partial charge in [0.25, 0.3) is 0 Å². The first-order valence-electron chi connectivity index (χ1n) is 7.42. The number of nitrogens with zero attached hydrogens (tertiary/aromatic N) is 4. The molecule has 0 N–H and O–H groups in total. The van der Waals surface area contributed by atoms with Crippen molar-refractivity contribution in [2.45, 2.75) is 38.8 Å². The van der Waals surface area contributed by atoms with E-state index >= 15 is 0 Å². The predicted octanol–water partition coefficient (Wildman–Crippen LogP) is 4.45. The van der Waals surface area contributed by atoms with Gasteiger partial charge in [-0.1, -0.05) is 53.3 Å². The van der Waals surface area contributed by atoms with Gasteiger partial charge in [0.15, 0.2) is 0 Å². The van der Waals surface area contributed by atoms with E-state index in [4.69, 9.17) is 0 Å². The van der Waals surface area contributed by atoms with Crippen LogP contribution in [0.5, 0.6) is 0 Å². The summed E-state index contributed by atoms with van der Waals surface area (Å²) in [7, 11) is 0. The van der Waals surface area contributed by atoms with Gasteiger partial charge in [0.2, 0.25) is 5.16 Å². The zero-order chi connectivity index (χ0) is 15.8. The topological polar surface area (TPSA) is 43.6 Å². The summed E-state index contributed by atoms with van der Waals surface area (Å²) in [6.07, 6.45) is 6.75. The number of allylic oxidation sites excluding steroid dienone is 3. The van der Waals surface area contributed by atoms with Crippen LogP contribution >= 0.6 is 11.8 Å². The third-order valence-electron chi connectivity index (χ3n) is 3.18. The molecule has 0 spiro atoms. The number of aromatic nitrogens is 4. The van der Waals surface area contributed by atoms with Gasteiger partial charge in [-0.3, -0.25) is 0 Å². The number of rotatable bonds is 7. The third kappa shape index (κ3) is 5.15. The number of tetrazole rings is 1. The average Bonchev–Trinajstić information content (AvgIpc) is 2.96. The van der Waals surface area contributed by atoms with Gasteiger partial charge in [-0.25, -0.2) is 0 Å². The van der Waals surface area contributed by atoms with Crippen LogP contribution in [-0.4, -0.2) is 26.0 Å². The summed E-state index contributed by atoms with van der Waals surface area (Å²) in [5.41, 5.74) is 3.77. The largest absolute Gasteiger partial charge is 0.214 e. The number of hydrogen-bond acceptors (Lipinski definition) is 4. The van der Waals surface area contributed by atoms with E-state index in [1.54, 1.807) is 16.4 Å². The molecule has 2 rings (SSSR count). The van der Waals surface area contributed by atoms with E-state index in [0.29, 0.717) is 0 Å². The maximum Gasteiger partial charge on any atom is 0.214 e. The molecule has 0 aliphatic rings. The van der Waals surface area contributed by atoms with E-state index in [1.807, 2.05) is 30.3 Å². The maximum atomic E-state index is 4.10. The molecular weight excluding hydrogens is 292 g/mol. The molecule has 22 heavy (non-hydrogen) atoms. The van der Waals surface area contributed by atoms with Crippen LogP contribution in [-0.2, 0) is 0 Å². The van der Waals surface area contributed by atoms with Gasteiger partial charge in [0.1, 0.15) is 0 Å². The van der Waals surface area contributed by atoms with Crippen molar-refractivity contribution in [2.75, 3.05) is 5.75 Å². The zero-order valence-electron chi connectivity index (χ0n) is 13.4. The van der Waals surface area contributed by atoms with Gasteiger partial charge < -0.3 is 0 Å². The molecule has 0 saturated carbocycles. The van der Waals surface area contributed by atoms with Gasteiger partial charge >= 0.3 is 0 Å². The fourth-order valence-corrected chi connectivity index (χ4v) is 2.82. The summed E-state index contributed by atoms with van der Waals surface area (Å²) in [5.74, 6) is 0.883. The van der Waals surface area contributed by atoms with Gasteiger partial charge in [-0.05, 0) is 56.2 Å². The van der Waals surface area contributed by atoms with Crippen molar-refractivity contribution in [2.24, 2.45) is 0 Å². The number of hydrogen-bond donors (Lipinski definition) is 0. The Morgan fingerprint density at radius 3 is 2.64 bits per heavy atom. The minimum Gasteiger partial charge on any atom is -0.188 e. The minimum absolute atomic E-state index is 0.819. The van der Waals surface area contributed by atoms with E-state index < -0.39 is 0 Å². The molecule has 0 radical (unpaired) electrons. The first kappa shape index (κ1) is 16.5. The van der Waals surface area contributed by atoms with Gasteiger partial charge in [0, 0.05) is 5.75 Å².